The van der Waals surface area contributed by atoms with Crippen molar-refractivity contribution in [2.24, 2.45) is 5.73 Å². The van der Waals surface area contributed by atoms with Crippen LogP contribution in [-0.4, -0.2) is 65.0 Å². The molecule has 1 aromatic heterocycles. The Kier molecular flexibility index (Phi) is 9.95. The topological polar surface area (TPSA) is 190 Å². The van der Waals surface area contributed by atoms with Gasteiger partial charge in [-0.15, -0.1) is 0 Å². The van der Waals surface area contributed by atoms with E-state index in [0.717, 1.165) is 0 Å². The second-order valence-electron chi connectivity index (χ2n) is 7.66. The third-order valence-electron chi connectivity index (χ3n) is 5.00. The zero-order chi connectivity index (χ0) is 26.8. The largest absolute Gasteiger partial charge is 0.466 e. The number of esters is 2. The van der Waals surface area contributed by atoms with E-state index in [1.165, 1.54) is 6.20 Å². The summed E-state index contributed by atoms with van der Waals surface area (Å²) in [4.78, 5) is 53.8. The monoisotopic (exact) mass is 502 g/mol. The minimum atomic E-state index is -1.01. The number of carbonyl (C=O) groups is 4. The number of amides is 2. The first-order valence-electron chi connectivity index (χ1n) is 11.2. The summed E-state index contributed by atoms with van der Waals surface area (Å²) in [5.74, 6) is -2.58. The van der Waals surface area contributed by atoms with Crippen molar-refractivity contribution in [1.82, 2.24) is 15.0 Å². The first-order valence-corrected chi connectivity index (χ1v) is 11.2. The van der Waals surface area contributed by atoms with Crippen LogP contribution in [-0.2, 0) is 25.6 Å². The lowest BCUT2D eigenvalue weighted by molar-refractivity contribution is -0.146. The third kappa shape index (κ3) is 7.55. The van der Waals surface area contributed by atoms with Crippen molar-refractivity contribution in [2.75, 3.05) is 25.2 Å². The van der Waals surface area contributed by atoms with Crippen LogP contribution in [0.5, 0.6) is 0 Å². The minimum Gasteiger partial charge on any atom is -0.466 e. The molecule has 13 nitrogen and oxygen atoms in total. The van der Waals surface area contributed by atoms with Crippen LogP contribution in [0.15, 0.2) is 30.5 Å². The summed E-state index contributed by atoms with van der Waals surface area (Å²) in [6.07, 6.45) is 1.17. The fourth-order valence-electron chi connectivity index (χ4n) is 3.22. The Morgan fingerprint density at radius 3 is 2.39 bits per heavy atom. The molecule has 0 bridgehead atoms. The number of primary amides is 1. The summed E-state index contributed by atoms with van der Waals surface area (Å²) in [5, 5.41) is 20.0. The number of nitrogens with two attached hydrogens (primary N) is 1. The van der Waals surface area contributed by atoms with Gasteiger partial charge in [-0.05, 0) is 44.5 Å². The highest BCUT2D eigenvalue weighted by atomic mass is 16.5. The van der Waals surface area contributed by atoms with Gasteiger partial charge in [0.15, 0.2) is 11.2 Å². The molecule has 0 saturated carbocycles. The lowest BCUT2D eigenvalue weighted by atomic mass is 10.1. The molecule has 0 spiro atoms. The van der Waals surface area contributed by atoms with Gasteiger partial charge in [-0.2, -0.15) is 4.73 Å². The lowest BCUT2D eigenvalue weighted by Crippen LogP contribution is -2.42. The number of nitrogens with one attached hydrogen (secondary N) is 2. The molecule has 2 amide bonds. The molecule has 0 saturated heterocycles. The van der Waals surface area contributed by atoms with Crippen LogP contribution in [0.25, 0.3) is 0 Å². The number of nitrogens with zero attached hydrogens (tertiary/aromatic N) is 3. The van der Waals surface area contributed by atoms with Gasteiger partial charge in [-0.3, -0.25) is 19.8 Å². The van der Waals surface area contributed by atoms with Gasteiger partial charge >= 0.3 is 11.9 Å². The SMILES string of the molecule is CCOC(=O)CC[C@H](NC(=O)c1ccc(N(C)Cc2cn(O)c(=N)c(C(N)=O)n2)cc1)C(=O)OCC. The zero-order valence-electron chi connectivity index (χ0n) is 20.3. The first kappa shape index (κ1) is 27.8. The van der Waals surface area contributed by atoms with Gasteiger partial charge in [0.2, 0.25) is 0 Å². The summed E-state index contributed by atoms with van der Waals surface area (Å²) in [6, 6.07) is 5.41. The average Bonchev–Trinajstić information content (AvgIpc) is 2.83. The standard InChI is InChI=1S/C23H30N6O7/c1-4-35-18(30)11-10-17(23(33)36-5-2)27-22(32)14-6-8-16(9-7-14)28(3)12-15-13-29(34)20(24)19(26-15)21(25)31/h6-9,13,17,24,34H,4-5,10-12H2,1-3H3,(H2,25,31)(H,27,32)/t17-/m0/s1. The Bertz CT molecular complexity index is 1160. The Balaban J connectivity index is 2.10. The van der Waals surface area contributed by atoms with Gasteiger partial charge in [-0.1, -0.05) is 0 Å². The van der Waals surface area contributed by atoms with Crippen molar-refractivity contribution in [2.45, 2.75) is 39.3 Å². The number of aromatic nitrogens is 2. The molecule has 194 valence electrons. The molecule has 1 aromatic carbocycles. The molecule has 2 aromatic rings. The number of anilines is 1. The minimum absolute atomic E-state index is 0.0342. The van der Waals surface area contributed by atoms with Crippen LogP contribution in [0.2, 0.25) is 0 Å². The Labute approximate surface area is 207 Å². The van der Waals surface area contributed by atoms with Crippen molar-refractivity contribution >= 4 is 29.4 Å². The van der Waals surface area contributed by atoms with Crippen LogP contribution < -0.4 is 21.4 Å². The van der Waals surface area contributed by atoms with Crippen LogP contribution in [0.4, 0.5) is 5.69 Å². The first-order chi connectivity index (χ1) is 17.1. The Morgan fingerprint density at radius 2 is 1.81 bits per heavy atom. The van der Waals surface area contributed by atoms with E-state index in [1.54, 1.807) is 50.1 Å². The number of benzene rings is 1. The zero-order valence-corrected chi connectivity index (χ0v) is 20.3. The summed E-state index contributed by atoms with van der Waals surface area (Å²) in [6.45, 7) is 3.82. The van der Waals surface area contributed by atoms with Crippen molar-refractivity contribution in [3.05, 3.63) is 52.9 Å². The van der Waals surface area contributed by atoms with Gasteiger partial charge in [0.05, 0.1) is 31.6 Å². The second kappa shape index (κ2) is 12.9. The van der Waals surface area contributed by atoms with E-state index in [9.17, 15) is 24.4 Å². The van der Waals surface area contributed by atoms with Gasteiger partial charge in [0.1, 0.15) is 6.04 Å². The molecule has 0 fully saturated rings. The molecule has 0 aliphatic heterocycles. The molecule has 0 radical (unpaired) electrons. The van der Waals surface area contributed by atoms with Gasteiger partial charge in [0.25, 0.3) is 11.8 Å². The van der Waals surface area contributed by atoms with E-state index in [-0.39, 0.29) is 49.6 Å². The van der Waals surface area contributed by atoms with Crippen LogP contribution in [0.1, 0.15) is 53.2 Å². The number of hydrogen-bond donors (Lipinski definition) is 4. The molecule has 36 heavy (non-hydrogen) atoms. The molecule has 0 unspecified atom stereocenters. The van der Waals surface area contributed by atoms with Crippen LogP contribution >= 0.6 is 0 Å². The quantitative estimate of drug-likeness (QED) is 0.234. The number of ether oxygens (including phenoxy) is 2. The highest BCUT2D eigenvalue weighted by molar-refractivity contribution is 5.97. The molecular weight excluding hydrogens is 472 g/mol. The molecule has 1 atom stereocenters. The summed E-state index contributed by atoms with van der Waals surface area (Å²) in [5.41, 5.74) is 5.56. The maximum absolute atomic E-state index is 12.7. The Hall–Kier alpha value is -4.42. The Morgan fingerprint density at radius 1 is 1.17 bits per heavy atom. The van der Waals surface area contributed by atoms with E-state index in [1.807, 2.05) is 0 Å². The fourth-order valence-corrected chi connectivity index (χ4v) is 3.22. The van der Waals surface area contributed by atoms with E-state index in [4.69, 9.17) is 20.6 Å². The molecule has 0 aliphatic rings. The van der Waals surface area contributed by atoms with Crippen LogP contribution in [0.3, 0.4) is 0 Å². The van der Waals surface area contributed by atoms with Gasteiger partial charge < -0.3 is 30.6 Å². The number of rotatable bonds is 12. The lowest BCUT2D eigenvalue weighted by Gasteiger charge is -2.20. The van der Waals surface area contributed by atoms with Gasteiger partial charge in [-0.25, -0.2) is 9.78 Å². The fraction of sp³-hybridized carbons (Fsp3) is 0.391. The highest BCUT2D eigenvalue weighted by Crippen LogP contribution is 2.16. The highest BCUT2D eigenvalue weighted by Gasteiger charge is 2.24. The summed E-state index contributed by atoms with van der Waals surface area (Å²) in [7, 11) is 1.73. The van der Waals surface area contributed by atoms with E-state index in [0.29, 0.717) is 10.4 Å². The van der Waals surface area contributed by atoms with E-state index in [2.05, 4.69) is 10.3 Å². The van der Waals surface area contributed by atoms with Crippen molar-refractivity contribution in [3.8, 4) is 0 Å². The second-order valence-corrected chi connectivity index (χ2v) is 7.66. The third-order valence-corrected chi connectivity index (χ3v) is 5.00. The molecule has 1 heterocycles. The average molecular weight is 503 g/mol. The van der Waals surface area contributed by atoms with E-state index >= 15 is 0 Å². The number of carbonyl (C=O) groups excluding carboxylic acids is 4. The number of hydrogen-bond acceptors (Lipinski definition) is 10. The predicted octanol–water partition coefficient (Wildman–Crippen LogP) is 0.340. The van der Waals surface area contributed by atoms with E-state index < -0.39 is 35.3 Å². The maximum atomic E-state index is 12.7. The normalized spacial score (nSPS) is 11.3. The predicted molar refractivity (Wildman–Crippen MR) is 126 cm³/mol. The molecule has 2 rings (SSSR count). The van der Waals surface area contributed by atoms with Crippen molar-refractivity contribution < 1.29 is 33.9 Å². The van der Waals surface area contributed by atoms with Crippen LogP contribution in [0, 0.1) is 5.41 Å². The summed E-state index contributed by atoms with van der Waals surface area (Å²) < 4.78 is 10.3. The smallest absolute Gasteiger partial charge is 0.328 e. The van der Waals surface area contributed by atoms with Gasteiger partial charge in [0, 0.05) is 24.7 Å². The maximum Gasteiger partial charge on any atom is 0.328 e. The van der Waals surface area contributed by atoms with Crippen molar-refractivity contribution in [3.63, 3.8) is 0 Å². The summed E-state index contributed by atoms with van der Waals surface area (Å²) >= 11 is 0. The molecule has 13 heteroatoms. The molecule has 5 N–H and O–H groups in total. The molecule has 0 aliphatic carbocycles. The molecular formula is C23H30N6O7. The van der Waals surface area contributed by atoms with Crippen molar-refractivity contribution in [1.29, 1.82) is 5.41 Å².